The lowest BCUT2D eigenvalue weighted by Crippen LogP contribution is -2.49. The number of carbonyl (C=O) groups excluding carboxylic acids is 1. The highest BCUT2D eigenvalue weighted by Crippen LogP contribution is 2.10. The van der Waals surface area contributed by atoms with Gasteiger partial charge in [-0.3, -0.25) is 9.69 Å². The van der Waals surface area contributed by atoms with Gasteiger partial charge >= 0.3 is 0 Å². The minimum absolute atomic E-state index is 0.0184. The maximum Gasteiger partial charge on any atom is 0.224 e. The summed E-state index contributed by atoms with van der Waals surface area (Å²) in [7, 11) is 0. The predicted molar refractivity (Wildman–Crippen MR) is 85.8 cm³/mol. The van der Waals surface area contributed by atoms with Crippen molar-refractivity contribution in [2.24, 2.45) is 5.73 Å². The fraction of sp³-hybridized carbons (Fsp3) is 0.588. The Morgan fingerprint density at radius 1 is 1.19 bits per heavy atom. The van der Waals surface area contributed by atoms with Crippen LogP contribution in [-0.4, -0.2) is 47.9 Å². The third-order valence-corrected chi connectivity index (χ3v) is 4.07. The van der Waals surface area contributed by atoms with Gasteiger partial charge in [-0.1, -0.05) is 43.7 Å². The quantitative estimate of drug-likeness (QED) is 0.869. The van der Waals surface area contributed by atoms with Crippen molar-refractivity contribution in [3.8, 4) is 0 Å². The van der Waals surface area contributed by atoms with Gasteiger partial charge in [0.2, 0.25) is 5.91 Å². The van der Waals surface area contributed by atoms with Crippen LogP contribution in [0.15, 0.2) is 30.3 Å². The number of benzene rings is 1. The SMILES string of the molecule is CCCC(N)CC(=O)N1CCN(Cc2ccccc2)CC1. The molecule has 1 heterocycles. The van der Waals surface area contributed by atoms with Gasteiger partial charge in [0, 0.05) is 45.2 Å². The van der Waals surface area contributed by atoms with Crippen LogP contribution < -0.4 is 5.73 Å². The van der Waals surface area contributed by atoms with Gasteiger partial charge in [-0.2, -0.15) is 0 Å². The van der Waals surface area contributed by atoms with E-state index in [2.05, 4.69) is 36.1 Å². The van der Waals surface area contributed by atoms with Crippen LogP contribution in [0.1, 0.15) is 31.7 Å². The maximum absolute atomic E-state index is 12.2. The van der Waals surface area contributed by atoms with Crippen LogP contribution in [0.4, 0.5) is 0 Å². The second-order valence-electron chi connectivity index (χ2n) is 5.90. The highest BCUT2D eigenvalue weighted by atomic mass is 16.2. The molecule has 0 aromatic heterocycles. The molecule has 2 N–H and O–H groups in total. The summed E-state index contributed by atoms with van der Waals surface area (Å²) in [4.78, 5) is 16.6. The third kappa shape index (κ3) is 5.14. The molecule has 1 atom stereocenters. The molecule has 0 aliphatic carbocycles. The first kappa shape index (κ1) is 16.0. The molecule has 1 aromatic rings. The van der Waals surface area contributed by atoms with Crippen LogP contribution in [0.5, 0.6) is 0 Å². The molecular weight excluding hydrogens is 262 g/mol. The van der Waals surface area contributed by atoms with E-state index in [0.29, 0.717) is 6.42 Å². The summed E-state index contributed by atoms with van der Waals surface area (Å²) in [5.74, 6) is 0.218. The fourth-order valence-electron chi connectivity index (χ4n) is 2.82. The highest BCUT2D eigenvalue weighted by molar-refractivity contribution is 5.76. The fourth-order valence-corrected chi connectivity index (χ4v) is 2.82. The molecular formula is C17H27N3O. The van der Waals surface area contributed by atoms with Gasteiger partial charge in [0.15, 0.2) is 0 Å². The first-order valence-corrected chi connectivity index (χ1v) is 7.98. The van der Waals surface area contributed by atoms with Crippen molar-refractivity contribution in [3.63, 3.8) is 0 Å². The summed E-state index contributed by atoms with van der Waals surface area (Å²) in [5.41, 5.74) is 7.30. The van der Waals surface area contributed by atoms with Crippen LogP contribution in [0.25, 0.3) is 0 Å². The number of hydrogen-bond donors (Lipinski definition) is 1. The highest BCUT2D eigenvalue weighted by Gasteiger charge is 2.22. The second-order valence-corrected chi connectivity index (χ2v) is 5.90. The van der Waals surface area contributed by atoms with E-state index in [1.165, 1.54) is 5.56 Å². The van der Waals surface area contributed by atoms with E-state index < -0.39 is 0 Å². The van der Waals surface area contributed by atoms with Crippen molar-refractivity contribution in [2.75, 3.05) is 26.2 Å². The van der Waals surface area contributed by atoms with Gasteiger partial charge < -0.3 is 10.6 Å². The van der Waals surface area contributed by atoms with E-state index in [1.54, 1.807) is 0 Å². The van der Waals surface area contributed by atoms with E-state index in [4.69, 9.17) is 5.73 Å². The standard InChI is InChI=1S/C17H27N3O/c1-2-6-16(18)13-17(21)20-11-9-19(10-12-20)14-15-7-4-3-5-8-15/h3-5,7-8,16H,2,6,9-14,18H2,1H3. The molecule has 2 rings (SSSR count). The van der Waals surface area contributed by atoms with E-state index in [0.717, 1.165) is 45.6 Å². The molecule has 1 saturated heterocycles. The molecule has 0 spiro atoms. The largest absolute Gasteiger partial charge is 0.340 e. The number of carbonyl (C=O) groups is 1. The van der Waals surface area contributed by atoms with Crippen LogP contribution in [-0.2, 0) is 11.3 Å². The molecule has 1 unspecified atom stereocenters. The number of hydrogen-bond acceptors (Lipinski definition) is 3. The second kappa shape index (κ2) is 8.15. The zero-order valence-corrected chi connectivity index (χ0v) is 13.0. The summed E-state index contributed by atoms with van der Waals surface area (Å²) in [6.45, 7) is 6.62. The van der Waals surface area contributed by atoms with Gasteiger partial charge in [0.1, 0.15) is 0 Å². The van der Waals surface area contributed by atoms with E-state index >= 15 is 0 Å². The average molecular weight is 289 g/mol. The molecule has 0 bridgehead atoms. The lowest BCUT2D eigenvalue weighted by atomic mass is 10.1. The third-order valence-electron chi connectivity index (χ3n) is 4.07. The Bertz CT molecular complexity index is 427. The molecule has 1 aromatic carbocycles. The van der Waals surface area contributed by atoms with Crippen molar-refractivity contribution in [3.05, 3.63) is 35.9 Å². The van der Waals surface area contributed by atoms with Crippen molar-refractivity contribution in [1.82, 2.24) is 9.80 Å². The molecule has 0 radical (unpaired) electrons. The molecule has 1 aliphatic heterocycles. The lowest BCUT2D eigenvalue weighted by Gasteiger charge is -2.35. The van der Waals surface area contributed by atoms with E-state index in [-0.39, 0.29) is 11.9 Å². The zero-order chi connectivity index (χ0) is 15.1. The minimum atomic E-state index is 0.0184. The van der Waals surface area contributed by atoms with Crippen LogP contribution in [0.3, 0.4) is 0 Å². The molecule has 21 heavy (non-hydrogen) atoms. The lowest BCUT2D eigenvalue weighted by molar-refractivity contribution is -0.133. The molecule has 4 heteroatoms. The molecule has 1 aliphatic rings. The molecule has 1 amide bonds. The number of piperazine rings is 1. The smallest absolute Gasteiger partial charge is 0.224 e. The average Bonchev–Trinajstić information content (AvgIpc) is 2.49. The molecule has 0 saturated carbocycles. The maximum atomic E-state index is 12.2. The van der Waals surface area contributed by atoms with Crippen molar-refractivity contribution >= 4 is 5.91 Å². The van der Waals surface area contributed by atoms with Gasteiger partial charge in [-0.15, -0.1) is 0 Å². The summed E-state index contributed by atoms with van der Waals surface area (Å²) in [6.07, 6.45) is 2.46. The molecule has 4 nitrogen and oxygen atoms in total. The minimum Gasteiger partial charge on any atom is -0.340 e. The number of rotatable bonds is 6. The van der Waals surface area contributed by atoms with Crippen LogP contribution in [0, 0.1) is 0 Å². The van der Waals surface area contributed by atoms with Crippen molar-refractivity contribution in [1.29, 1.82) is 0 Å². The number of amides is 1. The Kier molecular flexibility index (Phi) is 6.21. The Labute approximate surface area is 127 Å². The van der Waals surface area contributed by atoms with Crippen molar-refractivity contribution < 1.29 is 4.79 Å². The number of nitrogens with two attached hydrogens (primary N) is 1. The Balaban J connectivity index is 1.74. The first-order valence-electron chi connectivity index (χ1n) is 7.98. The summed E-state index contributed by atoms with van der Waals surface area (Å²) >= 11 is 0. The molecule has 116 valence electrons. The van der Waals surface area contributed by atoms with Crippen LogP contribution in [0.2, 0.25) is 0 Å². The Morgan fingerprint density at radius 3 is 2.48 bits per heavy atom. The molecule has 1 fully saturated rings. The normalized spacial score (nSPS) is 17.7. The summed E-state index contributed by atoms with van der Waals surface area (Å²) < 4.78 is 0. The first-order chi connectivity index (χ1) is 10.2. The predicted octanol–water partition coefficient (Wildman–Crippen LogP) is 1.85. The van der Waals surface area contributed by atoms with Crippen molar-refractivity contribution in [2.45, 2.75) is 38.8 Å². The van der Waals surface area contributed by atoms with Gasteiger partial charge in [0.25, 0.3) is 0 Å². The summed E-state index contributed by atoms with van der Waals surface area (Å²) in [6, 6.07) is 10.5. The summed E-state index contributed by atoms with van der Waals surface area (Å²) in [5, 5.41) is 0. The monoisotopic (exact) mass is 289 g/mol. The van der Waals surface area contributed by atoms with E-state index in [9.17, 15) is 4.79 Å². The van der Waals surface area contributed by atoms with E-state index in [1.807, 2.05) is 11.0 Å². The Hall–Kier alpha value is -1.39. The van der Waals surface area contributed by atoms with Gasteiger partial charge in [-0.05, 0) is 12.0 Å². The van der Waals surface area contributed by atoms with Gasteiger partial charge in [-0.25, -0.2) is 0 Å². The number of nitrogens with zero attached hydrogens (tertiary/aromatic N) is 2. The van der Waals surface area contributed by atoms with Gasteiger partial charge in [0.05, 0.1) is 0 Å². The zero-order valence-electron chi connectivity index (χ0n) is 13.0. The topological polar surface area (TPSA) is 49.6 Å². The Morgan fingerprint density at radius 2 is 1.86 bits per heavy atom. The van der Waals surface area contributed by atoms with Crippen LogP contribution >= 0.6 is 0 Å².